The van der Waals surface area contributed by atoms with Crippen LogP contribution in [0.15, 0.2) is 24.3 Å². The minimum atomic E-state index is -3.65. The second kappa shape index (κ2) is 4.25. The van der Waals surface area contributed by atoms with Gasteiger partial charge in [-0.05, 0) is 34.7 Å². The molecular weight excluding hydrogens is 305 g/mol. The van der Waals surface area contributed by atoms with Crippen LogP contribution in [0.3, 0.4) is 0 Å². The first-order valence-corrected chi connectivity index (χ1v) is 5.87. The molecule has 0 unspecified atom stereocenters. The number of hydrogen-bond donors (Lipinski definition) is 1. The predicted molar refractivity (Wildman–Crippen MR) is 58.7 cm³/mol. The SMILES string of the molecule is COS(=O)(=O)Nc1ccccc1I. The molecule has 0 radical (unpaired) electrons. The molecule has 4 nitrogen and oxygen atoms in total. The molecule has 1 rings (SSSR count). The van der Waals surface area contributed by atoms with Gasteiger partial charge in [-0.2, -0.15) is 8.42 Å². The van der Waals surface area contributed by atoms with Crippen molar-refractivity contribution in [2.45, 2.75) is 0 Å². The van der Waals surface area contributed by atoms with E-state index in [2.05, 4.69) is 8.91 Å². The Balaban J connectivity index is 2.93. The number of nitrogens with one attached hydrogen (secondary N) is 1. The van der Waals surface area contributed by atoms with Crippen LogP contribution in [-0.2, 0) is 14.5 Å². The van der Waals surface area contributed by atoms with Gasteiger partial charge in [0.15, 0.2) is 0 Å². The van der Waals surface area contributed by atoms with Crippen molar-refractivity contribution in [2.24, 2.45) is 0 Å². The molecular formula is C7H8INO3S. The quantitative estimate of drug-likeness (QED) is 0.862. The fourth-order valence-corrected chi connectivity index (χ4v) is 1.96. The van der Waals surface area contributed by atoms with Crippen molar-refractivity contribution in [1.29, 1.82) is 0 Å². The maximum atomic E-state index is 11.0. The number of benzene rings is 1. The molecule has 72 valence electrons. The third kappa shape index (κ3) is 3.12. The van der Waals surface area contributed by atoms with Gasteiger partial charge in [-0.15, -0.1) is 0 Å². The van der Waals surface area contributed by atoms with E-state index in [-0.39, 0.29) is 0 Å². The van der Waals surface area contributed by atoms with E-state index in [1.165, 1.54) is 0 Å². The molecule has 0 atom stereocenters. The van der Waals surface area contributed by atoms with Gasteiger partial charge in [0, 0.05) is 3.57 Å². The van der Waals surface area contributed by atoms with E-state index in [1.54, 1.807) is 18.2 Å². The Labute approximate surface area is 90.7 Å². The van der Waals surface area contributed by atoms with Crippen LogP contribution in [0.4, 0.5) is 5.69 Å². The van der Waals surface area contributed by atoms with E-state index < -0.39 is 10.3 Å². The number of rotatable bonds is 3. The summed E-state index contributed by atoms with van der Waals surface area (Å²) in [6, 6.07) is 7.04. The molecule has 1 aromatic carbocycles. The minimum absolute atomic E-state index is 0.518. The van der Waals surface area contributed by atoms with Crippen LogP contribution < -0.4 is 4.72 Å². The molecule has 1 N–H and O–H groups in total. The fourth-order valence-electron chi connectivity index (χ4n) is 0.720. The van der Waals surface area contributed by atoms with Gasteiger partial charge in [0.05, 0.1) is 12.8 Å². The summed E-state index contributed by atoms with van der Waals surface area (Å²) in [7, 11) is -2.54. The van der Waals surface area contributed by atoms with Crippen LogP contribution in [0.5, 0.6) is 0 Å². The highest BCUT2D eigenvalue weighted by Crippen LogP contribution is 2.18. The van der Waals surface area contributed by atoms with Crippen LogP contribution in [0.1, 0.15) is 0 Å². The van der Waals surface area contributed by atoms with Gasteiger partial charge in [-0.3, -0.25) is 8.91 Å². The molecule has 1 aromatic rings. The van der Waals surface area contributed by atoms with Crippen molar-refractivity contribution < 1.29 is 12.6 Å². The summed E-state index contributed by atoms with van der Waals surface area (Å²) in [5.74, 6) is 0. The Morgan fingerprint density at radius 1 is 1.38 bits per heavy atom. The Morgan fingerprint density at radius 3 is 2.54 bits per heavy atom. The zero-order chi connectivity index (χ0) is 9.90. The van der Waals surface area contributed by atoms with Crippen LogP contribution >= 0.6 is 22.6 Å². The number of anilines is 1. The Hall–Kier alpha value is -0.340. The zero-order valence-electron chi connectivity index (χ0n) is 6.82. The fraction of sp³-hybridized carbons (Fsp3) is 0.143. The van der Waals surface area contributed by atoms with Crippen molar-refractivity contribution in [3.8, 4) is 0 Å². The van der Waals surface area contributed by atoms with Crippen molar-refractivity contribution in [2.75, 3.05) is 11.8 Å². The molecule has 6 heteroatoms. The summed E-state index contributed by atoms with van der Waals surface area (Å²) >= 11 is 2.03. The van der Waals surface area contributed by atoms with Gasteiger partial charge >= 0.3 is 10.3 Å². The average Bonchev–Trinajstić information content (AvgIpc) is 2.09. The molecule has 0 heterocycles. The summed E-state index contributed by atoms with van der Waals surface area (Å²) in [4.78, 5) is 0. The highest BCUT2D eigenvalue weighted by atomic mass is 127. The van der Waals surface area contributed by atoms with Crippen LogP contribution in [-0.4, -0.2) is 15.5 Å². The lowest BCUT2D eigenvalue weighted by atomic mass is 10.3. The van der Waals surface area contributed by atoms with E-state index >= 15 is 0 Å². The molecule has 0 bridgehead atoms. The Bertz CT molecular complexity index is 390. The Morgan fingerprint density at radius 2 is 2.00 bits per heavy atom. The molecule has 13 heavy (non-hydrogen) atoms. The van der Waals surface area contributed by atoms with Crippen molar-refractivity contribution in [3.05, 3.63) is 27.8 Å². The molecule has 0 amide bonds. The first kappa shape index (κ1) is 10.7. The molecule has 0 aromatic heterocycles. The number of hydrogen-bond acceptors (Lipinski definition) is 3. The van der Waals surface area contributed by atoms with Gasteiger partial charge < -0.3 is 0 Å². The van der Waals surface area contributed by atoms with Crippen molar-refractivity contribution in [1.82, 2.24) is 0 Å². The maximum absolute atomic E-state index is 11.0. The third-order valence-electron chi connectivity index (χ3n) is 1.33. The van der Waals surface area contributed by atoms with Crippen molar-refractivity contribution in [3.63, 3.8) is 0 Å². The molecule has 0 aliphatic rings. The van der Waals surface area contributed by atoms with Gasteiger partial charge in [0.2, 0.25) is 0 Å². The summed E-state index contributed by atoms with van der Waals surface area (Å²) in [6.45, 7) is 0. The van der Waals surface area contributed by atoms with E-state index in [0.29, 0.717) is 5.69 Å². The topological polar surface area (TPSA) is 55.4 Å². The van der Waals surface area contributed by atoms with E-state index in [1.807, 2.05) is 28.7 Å². The van der Waals surface area contributed by atoms with Crippen LogP contribution in [0.25, 0.3) is 0 Å². The largest absolute Gasteiger partial charge is 0.359 e. The Kier molecular flexibility index (Phi) is 3.51. The first-order chi connectivity index (χ1) is 6.05. The zero-order valence-corrected chi connectivity index (χ0v) is 9.79. The second-order valence-corrected chi connectivity index (χ2v) is 4.81. The lowest BCUT2D eigenvalue weighted by molar-refractivity contribution is 0.402. The smallest absolute Gasteiger partial charge is 0.260 e. The molecule has 0 fully saturated rings. The summed E-state index contributed by atoms with van der Waals surface area (Å²) in [6.07, 6.45) is 0. The highest BCUT2D eigenvalue weighted by Gasteiger charge is 2.09. The standard InChI is InChI=1S/C7H8INO3S/c1-12-13(10,11)9-7-5-3-2-4-6(7)8/h2-5,9H,1H3. The predicted octanol–water partition coefficient (Wildman–Crippen LogP) is 1.59. The minimum Gasteiger partial charge on any atom is -0.260 e. The molecule has 0 saturated heterocycles. The monoisotopic (exact) mass is 313 g/mol. The number of halogens is 1. The molecule has 0 saturated carbocycles. The van der Waals surface area contributed by atoms with Crippen molar-refractivity contribution >= 4 is 38.6 Å². The average molecular weight is 313 g/mol. The lowest BCUT2D eigenvalue weighted by Gasteiger charge is -2.06. The highest BCUT2D eigenvalue weighted by molar-refractivity contribution is 14.1. The first-order valence-electron chi connectivity index (χ1n) is 3.38. The van der Waals surface area contributed by atoms with Crippen LogP contribution in [0, 0.1) is 3.57 Å². The summed E-state index contributed by atoms with van der Waals surface area (Å²) in [5.41, 5.74) is 0.518. The third-order valence-corrected chi connectivity index (χ3v) is 3.18. The maximum Gasteiger partial charge on any atom is 0.359 e. The number of para-hydroxylation sites is 1. The van der Waals surface area contributed by atoms with Gasteiger partial charge in [-0.25, -0.2) is 0 Å². The molecule has 0 aliphatic heterocycles. The molecule has 0 aliphatic carbocycles. The molecule has 0 spiro atoms. The lowest BCUT2D eigenvalue weighted by Crippen LogP contribution is -2.14. The van der Waals surface area contributed by atoms with E-state index in [9.17, 15) is 8.42 Å². The van der Waals surface area contributed by atoms with Gasteiger partial charge in [-0.1, -0.05) is 12.1 Å². The van der Waals surface area contributed by atoms with Crippen LogP contribution in [0.2, 0.25) is 0 Å². The summed E-state index contributed by atoms with van der Waals surface area (Å²) < 4.78 is 29.3. The summed E-state index contributed by atoms with van der Waals surface area (Å²) in [5, 5.41) is 0. The second-order valence-electron chi connectivity index (χ2n) is 2.20. The van der Waals surface area contributed by atoms with Gasteiger partial charge in [0.1, 0.15) is 0 Å². The van der Waals surface area contributed by atoms with Gasteiger partial charge in [0.25, 0.3) is 0 Å². The van der Waals surface area contributed by atoms with E-state index in [0.717, 1.165) is 10.7 Å². The van der Waals surface area contributed by atoms with E-state index in [4.69, 9.17) is 0 Å². The normalized spacial score (nSPS) is 11.2.